The summed E-state index contributed by atoms with van der Waals surface area (Å²) in [5.74, 6) is 0. The van der Waals surface area contributed by atoms with Gasteiger partial charge in [-0.05, 0) is 24.0 Å². The van der Waals surface area contributed by atoms with E-state index in [2.05, 4.69) is 85.0 Å². The van der Waals surface area contributed by atoms with Crippen LogP contribution in [-0.2, 0) is 12.8 Å². The van der Waals surface area contributed by atoms with Crippen LogP contribution in [0.4, 0.5) is 0 Å². The average molecular weight is 275 g/mol. The minimum atomic E-state index is -0.0442. The third-order valence-electron chi connectivity index (χ3n) is 4.27. The molecule has 0 radical (unpaired) electrons. The predicted molar refractivity (Wildman–Crippen MR) is 89.0 cm³/mol. The van der Waals surface area contributed by atoms with Gasteiger partial charge in [-0.2, -0.15) is 0 Å². The molecule has 3 rings (SSSR count). The Morgan fingerprint density at radius 2 is 1.29 bits per heavy atom. The summed E-state index contributed by atoms with van der Waals surface area (Å²) in [5, 5.41) is 0. The summed E-state index contributed by atoms with van der Waals surface area (Å²) in [6.45, 7) is 0. The number of hydrogen-bond acceptors (Lipinski definition) is 1. The molecule has 1 aliphatic rings. The van der Waals surface area contributed by atoms with Crippen LogP contribution in [0, 0.1) is 5.41 Å². The third-order valence-corrected chi connectivity index (χ3v) is 4.27. The van der Waals surface area contributed by atoms with Gasteiger partial charge in [0.1, 0.15) is 0 Å². The summed E-state index contributed by atoms with van der Waals surface area (Å²) in [5.41, 5.74) is 9.10. The van der Waals surface area contributed by atoms with Gasteiger partial charge in [-0.3, -0.25) is 0 Å². The van der Waals surface area contributed by atoms with E-state index in [1.54, 1.807) is 0 Å². The van der Waals surface area contributed by atoms with Crippen LogP contribution in [0.25, 0.3) is 0 Å². The van der Waals surface area contributed by atoms with E-state index in [1.165, 1.54) is 11.1 Å². The van der Waals surface area contributed by atoms with Crippen molar-refractivity contribution < 1.29 is 0 Å². The average Bonchev–Trinajstić information content (AvgIpc) is 2.52. The van der Waals surface area contributed by atoms with Gasteiger partial charge in [-0.1, -0.05) is 85.0 Å². The quantitative estimate of drug-likeness (QED) is 0.899. The lowest BCUT2D eigenvalue weighted by molar-refractivity contribution is 0.331. The molecule has 0 saturated heterocycles. The van der Waals surface area contributed by atoms with Crippen molar-refractivity contribution in [2.24, 2.45) is 11.1 Å². The fourth-order valence-electron chi connectivity index (χ4n) is 3.10. The fraction of sp³-hybridized carbons (Fsp3) is 0.200. The van der Waals surface area contributed by atoms with E-state index >= 15 is 0 Å². The number of allylic oxidation sites excluding steroid dienone is 2. The molecular weight excluding hydrogens is 254 g/mol. The summed E-state index contributed by atoms with van der Waals surface area (Å²) in [6.07, 6.45) is 10.5. The molecule has 1 atom stereocenters. The van der Waals surface area contributed by atoms with Crippen LogP contribution in [0.5, 0.6) is 0 Å². The largest absolute Gasteiger partial charge is 0.324 e. The van der Waals surface area contributed by atoms with Crippen molar-refractivity contribution in [3.8, 4) is 0 Å². The third kappa shape index (κ3) is 3.14. The second-order valence-corrected chi connectivity index (χ2v) is 5.83. The van der Waals surface area contributed by atoms with E-state index in [0.29, 0.717) is 0 Å². The Morgan fingerprint density at radius 1 is 0.762 bits per heavy atom. The van der Waals surface area contributed by atoms with E-state index in [0.717, 1.165) is 12.8 Å². The molecule has 2 N–H and O–H groups in total. The molecule has 0 aliphatic heterocycles. The molecule has 0 heterocycles. The molecule has 1 nitrogen and oxygen atoms in total. The van der Waals surface area contributed by atoms with Gasteiger partial charge in [0.2, 0.25) is 0 Å². The van der Waals surface area contributed by atoms with Gasteiger partial charge < -0.3 is 5.73 Å². The van der Waals surface area contributed by atoms with Gasteiger partial charge in [0.05, 0.1) is 0 Å². The van der Waals surface area contributed by atoms with Crippen molar-refractivity contribution in [2.45, 2.75) is 18.9 Å². The molecule has 106 valence electrons. The highest BCUT2D eigenvalue weighted by Crippen LogP contribution is 2.35. The second kappa shape index (κ2) is 6.11. The Labute approximate surface area is 126 Å². The monoisotopic (exact) mass is 275 g/mol. The molecule has 0 spiro atoms. The van der Waals surface area contributed by atoms with Crippen LogP contribution >= 0.6 is 0 Å². The van der Waals surface area contributed by atoms with E-state index in [4.69, 9.17) is 5.73 Å². The van der Waals surface area contributed by atoms with Crippen molar-refractivity contribution in [2.75, 3.05) is 0 Å². The molecule has 1 heteroatoms. The summed E-state index contributed by atoms with van der Waals surface area (Å²) >= 11 is 0. The maximum atomic E-state index is 6.47. The Bertz CT molecular complexity index is 584. The normalized spacial score (nSPS) is 19.6. The fourth-order valence-corrected chi connectivity index (χ4v) is 3.10. The van der Waals surface area contributed by atoms with Gasteiger partial charge in [0.25, 0.3) is 0 Å². The van der Waals surface area contributed by atoms with E-state index in [9.17, 15) is 0 Å². The van der Waals surface area contributed by atoms with Crippen LogP contribution in [0.2, 0.25) is 0 Å². The van der Waals surface area contributed by atoms with E-state index in [-0.39, 0.29) is 11.5 Å². The first-order valence-corrected chi connectivity index (χ1v) is 7.48. The lowest BCUT2D eigenvalue weighted by Gasteiger charge is -2.37. The van der Waals surface area contributed by atoms with Gasteiger partial charge in [-0.15, -0.1) is 0 Å². The highest BCUT2D eigenvalue weighted by atomic mass is 14.7. The molecule has 0 saturated carbocycles. The van der Waals surface area contributed by atoms with Crippen molar-refractivity contribution in [3.63, 3.8) is 0 Å². The van der Waals surface area contributed by atoms with Crippen LogP contribution in [0.3, 0.4) is 0 Å². The molecule has 0 amide bonds. The first-order chi connectivity index (χ1) is 10.3. The maximum absolute atomic E-state index is 6.47. The van der Waals surface area contributed by atoms with Crippen LogP contribution in [-0.4, -0.2) is 6.04 Å². The first-order valence-electron chi connectivity index (χ1n) is 7.48. The lowest BCUT2D eigenvalue weighted by Crippen LogP contribution is -2.43. The Kier molecular flexibility index (Phi) is 4.03. The zero-order valence-electron chi connectivity index (χ0n) is 12.2. The Morgan fingerprint density at radius 3 is 1.76 bits per heavy atom. The molecule has 0 fully saturated rings. The molecule has 1 aliphatic carbocycles. The van der Waals surface area contributed by atoms with Crippen LogP contribution < -0.4 is 5.73 Å². The molecule has 21 heavy (non-hydrogen) atoms. The molecule has 0 aromatic heterocycles. The smallest absolute Gasteiger partial charge is 0.0325 e. The zero-order valence-corrected chi connectivity index (χ0v) is 12.2. The standard InChI is InChI=1S/C20H21N/c21-19-13-7-8-14-20(19,15-17-9-3-1-4-10-17)16-18-11-5-2-6-12-18/h1-14,19H,15-16,21H2. The minimum absolute atomic E-state index is 0.0442. The molecule has 1 unspecified atom stereocenters. The van der Waals surface area contributed by atoms with Gasteiger partial charge >= 0.3 is 0 Å². The van der Waals surface area contributed by atoms with E-state index < -0.39 is 0 Å². The first kappa shape index (κ1) is 13.8. The predicted octanol–water partition coefficient (Wildman–Crippen LogP) is 3.91. The van der Waals surface area contributed by atoms with Crippen molar-refractivity contribution in [1.82, 2.24) is 0 Å². The van der Waals surface area contributed by atoms with Gasteiger partial charge in [-0.25, -0.2) is 0 Å². The van der Waals surface area contributed by atoms with Gasteiger partial charge in [0.15, 0.2) is 0 Å². The van der Waals surface area contributed by atoms with Crippen LogP contribution in [0.15, 0.2) is 85.0 Å². The second-order valence-electron chi connectivity index (χ2n) is 5.83. The molecule has 2 aromatic rings. The molecular formula is C20H21N. The molecule has 2 aromatic carbocycles. The maximum Gasteiger partial charge on any atom is 0.0325 e. The Hall–Kier alpha value is -2.12. The number of rotatable bonds is 4. The van der Waals surface area contributed by atoms with Crippen molar-refractivity contribution >= 4 is 0 Å². The number of nitrogens with two attached hydrogens (primary N) is 1. The zero-order chi connectivity index (χ0) is 14.5. The van der Waals surface area contributed by atoms with Crippen molar-refractivity contribution in [1.29, 1.82) is 0 Å². The number of benzene rings is 2. The highest BCUT2D eigenvalue weighted by Gasteiger charge is 2.34. The van der Waals surface area contributed by atoms with Crippen LogP contribution in [0.1, 0.15) is 11.1 Å². The summed E-state index contributed by atoms with van der Waals surface area (Å²) in [7, 11) is 0. The summed E-state index contributed by atoms with van der Waals surface area (Å²) in [4.78, 5) is 0. The SMILES string of the molecule is NC1C=CC=CC1(Cc1ccccc1)Cc1ccccc1. The summed E-state index contributed by atoms with van der Waals surface area (Å²) in [6, 6.07) is 21.3. The van der Waals surface area contributed by atoms with Gasteiger partial charge in [0, 0.05) is 11.5 Å². The highest BCUT2D eigenvalue weighted by molar-refractivity contribution is 5.31. The lowest BCUT2D eigenvalue weighted by atomic mass is 9.69. The number of hydrogen-bond donors (Lipinski definition) is 1. The molecule has 0 bridgehead atoms. The summed E-state index contributed by atoms with van der Waals surface area (Å²) < 4.78 is 0. The van der Waals surface area contributed by atoms with E-state index in [1.807, 2.05) is 0 Å². The Balaban J connectivity index is 1.92. The van der Waals surface area contributed by atoms with Crippen molar-refractivity contribution in [3.05, 3.63) is 96.1 Å². The minimum Gasteiger partial charge on any atom is -0.324 e. The topological polar surface area (TPSA) is 26.0 Å².